The van der Waals surface area contributed by atoms with Gasteiger partial charge < -0.3 is 15.7 Å². The van der Waals surface area contributed by atoms with Crippen LogP contribution in [-0.2, 0) is 4.79 Å². The van der Waals surface area contributed by atoms with E-state index in [0.29, 0.717) is 12.5 Å². The Balaban J connectivity index is 1.78. The van der Waals surface area contributed by atoms with Crippen molar-refractivity contribution in [2.24, 2.45) is 5.92 Å². The lowest BCUT2D eigenvalue weighted by atomic mass is 9.88. The summed E-state index contributed by atoms with van der Waals surface area (Å²) in [5.41, 5.74) is 0. The molecular formula is C10H15F3N2O2. The van der Waals surface area contributed by atoms with Gasteiger partial charge in [-0.2, -0.15) is 13.2 Å². The largest absolute Gasteiger partial charge is 0.416 e. The number of hydrogen-bond donors (Lipinski definition) is 3. The second-order valence-corrected chi connectivity index (χ2v) is 4.69. The lowest BCUT2D eigenvalue weighted by Gasteiger charge is -2.21. The summed E-state index contributed by atoms with van der Waals surface area (Å²) in [5.74, 6) is -0.651. The van der Waals surface area contributed by atoms with Crippen molar-refractivity contribution in [2.45, 2.75) is 43.6 Å². The van der Waals surface area contributed by atoms with Crippen molar-refractivity contribution in [1.29, 1.82) is 0 Å². The van der Waals surface area contributed by atoms with Gasteiger partial charge in [-0.1, -0.05) is 0 Å². The van der Waals surface area contributed by atoms with Gasteiger partial charge in [-0.15, -0.1) is 0 Å². The van der Waals surface area contributed by atoms with Crippen molar-refractivity contribution < 1.29 is 23.1 Å². The fraction of sp³-hybridized carbons (Fsp3) is 0.900. The van der Waals surface area contributed by atoms with E-state index in [-0.39, 0.29) is 12.0 Å². The number of fused-ring (bicyclic) bond motifs is 2. The Morgan fingerprint density at radius 1 is 1.47 bits per heavy atom. The third kappa shape index (κ3) is 2.71. The van der Waals surface area contributed by atoms with Crippen LogP contribution in [0.15, 0.2) is 0 Å². The molecule has 2 saturated heterocycles. The third-order valence-corrected chi connectivity index (χ3v) is 3.48. The molecule has 2 fully saturated rings. The number of hydrogen-bond acceptors (Lipinski definition) is 3. The van der Waals surface area contributed by atoms with Crippen molar-refractivity contribution in [3.8, 4) is 0 Å². The molecule has 2 aliphatic rings. The second-order valence-electron chi connectivity index (χ2n) is 4.69. The average molecular weight is 252 g/mol. The summed E-state index contributed by atoms with van der Waals surface area (Å²) in [7, 11) is 0. The summed E-state index contributed by atoms with van der Waals surface area (Å²) >= 11 is 0. The van der Waals surface area contributed by atoms with E-state index in [1.54, 1.807) is 0 Å². The summed E-state index contributed by atoms with van der Waals surface area (Å²) < 4.78 is 36.0. The quantitative estimate of drug-likeness (QED) is 0.671. The highest BCUT2D eigenvalue weighted by Crippen LogP contribution is 2.33. The van der Waals surface area contributed by atoms with Crippen molar-refractivity contribution in [3.05, 3.63) is 0 Å². The normalized spacial score (nSPS) is 33.8. The highest BCUT2D eigenvalue weighted by Gasteiger charge is 2.43. The number of amides is 1. The van der Waals surface area contributed by atoms with Crippen LogP contribution in [-0.4, -0.2) is 41.9 Å². The van der Waals surface area contributed by atoms with E-state index < -0.39 is 24.7 Å². The predicted molar refractivity (Wildman–Crippen MR) is 53.1 cm³/mol. The van der Waals surface area contributed by atoms with Gasteiger partial charge >= 0.3 is 6.18 Å². The summed E-state index contributed by atoms with van der Waals surface area (Å²) in [4.78, 5) is 11.6. The van der Waals surface area contributed by atoms with E-state index in [1.165, 1.54) is 0 Å². The van der Waals surface area contributed by atoms with Crippen LogP contribution in [0, 0.1) is 5.92 Å². The third-order valence-electron chi connectivity index (χ3n) is 3.48. The van der Waals surface area contributed by atoms with E-state index in [9.17, 15) is 18.0 Å². The molecule has 0 spiro atoms. The molecule has 2 aliphatic heterocycles. The van der Waals surface area contributed by atoms with Crippen LogP contribution < -0.4 is 10.6 Å². The van der Waals surface area contributed by atoms with Gasteiger partial charge in [-0.3, -0.25) is 4.79 Å². The first kappa shape index (κ1) is 12.6. The van der Waals surface area contributed by atoms with Crippen LogP contribution in [0.25, 0.3) is 0 Å². The molecule has 4 nitrogen and oxygen atoms in total. The fourth-order valence-electron chi connectivity index (χ4n) is 2.56. The maximum Gasteiger partial charge on any atom is 0.416 e. The maximum atomic E-state index is 12.0. The molecule has 3 N–H and O–H groups in total. The Morgan fingerprint density at radius 2 is 2.18 bits per heavy atom. The van der Waals surface area contributed by atoms with E-state index in [1.807, 2.05) is 0 Å². The molecule has 2 rings (SSSR count). The average Bonchev–Trinajstić information content (AvgIpc) is 2.85. The van der Waals surface area contributed by atoms with E-state index in [0.717, 1.165) is 12.8 Å². The fourth-order valence-corrected chi connectivity index (χ4v) is 2.56. The topological polar surface area (TPSA) is 61.4 Å². The Bertz CT molecular complexity index is 308. The molecule has 17 heavy (non-hydrogen) atoms. The van der Waals surface area contributed by atoms with Crippen molar-refractivity contribution in [3.63, 3.8) is 0 Å². The first-order valence-corrected chi connectivity index (χ1v) is 5.66. The highest BCUT2D eigenvalue weighted by molar-refractivity contribution is 5.80. The van der Waals surface area contributed by atoms with Crippen LogP contribution in [0.3, 0.4) is 0 Å². The molecule has 4 atom stereocenters. The van der Waals surface area contributed by atoms with Gasteiger partial charge in [0, 0.05) is 12.1 Å². The van der Waals surface area contributed by atoms with Gasteiger partial charge in [0.1, 0.15) is 0 Å². The SMILES string of the molecule is O=C(NCC(O)C(F)(F)F)C1CC2CCC1N2. The molecule has 98 valence electrons. The van der Waals surface area contributed by atoms with Crippen molar-refractivity contribution in [1.82, 2.24) is 10.6 Å². The zero-order chi connectivity index (χ0) is 12.6. The maximum absolute atomic E-state index is 12.0. The van der Waals surface area contributed by atoms with Gasteiger partial charge in [0.05, 0.1) is 12.5 Å². The summed E-state index contributed by atoms with van der Waals surface area (Å²) in [6, 6.07) is 0.409. The molecule has 2 bridgehead atoms. The van der Waals surface area contributed by atoms with Gasteiger partial charge in [-0.05, 0) is 19.3 Å². The van der Waals surface area contributed by atoms with Crippen LogP contribution >= 0.6 is 0 Å². The van der Waals surface area contributed by atoms with Crippen molar-refractivity contribution in [2.75, 3.05) is 6.54 Å². The number of alkyl halides is 3. The summed E-state index contributed by atoms with van der Waals surface area (Å²) in [5, 5.41) is 14.2. The number of rotatable bonds is 3. The standard InChI is InChI=1S/C10H15F3N2O2/c11-10(12,13)8(16)4-14-9(17)6-3-5-1-2-7(6)15-5/h5-8,15-16H,1-4H2,(H,14,17). The number of nitrogens with one attached hydrogen (secondary N) is 2. The van der Waals surface area contributed by atoms with Crippen LogP contribution in [0.5, 0.6) is 0 Å². The summed E-state index contributed by atoms with van der Waals surface area (Å²) in [6.07, 6.45) is -4.57. The Kier molecular flexibility index (Phi) is 3.31. The minimum Gasteiger partial charge on any atom is -0.382 e. The van der Waals surface area contributed by atoms with E-state index >= 15 is 0 Å². The molecule has 0 aromatic carbocycles. The van der Waals surface area contributed by atoms with Crippen molar-refractivity contribution >= 4 is 5.91 Å². The van der Waals surface area contributed by atoms with Crippen LogP contribution in [0.4, 0.5) is 13.2 Å². The monoisotopic (exact) mass is 252 g/mol. The molecule has 0 aromatic heterocycles. The molecule has 7 heteroatoms. The first-order valence-electron chi connectivity index (χ1n) is 5.66. The molecule has 0 saturated carbocycles. The minimum absolute atomic E-state index is 0.0861. The number of carbonyl (C=O) groups is 1. The Morgan fingerprint density at radius 3 is 2.65 bits per heavy atom. The molecule has 4 unspecified atom stereocenters. The molecule has 0 aromatic rings. The van der Waals surface area contributed by atoms with Crippen LogP contribution in [0.1, 0.15) is 19.3 Å². The van der Waals surface area contributed by atoms with Gasteiger partial charge in [0.15, 0.2) is 6.10 Å². The molecule has 2 heterocycles. The molecule has 0 aliphatic carbocycles. The lowest BCUT2D eigenvalue weighted by molar-refractivity contribution is -0.202. The Labute approximate surface area is 96.6 Å². The lowest BCUT2D eigenvalue weighted by Crippen LogP contribution is -2.44. The van der Waals surface area contributed by atoms with Gasteiger partial charge in [0.2, 0.25) is 5.91 Å². The number of carbonyl (C=O) groups excluding carboxylic acids is 1. The number of aliphatic hydroxyl groups is 1. The number of halogens is 3. The van der Waals surface area contributed by atoms with Gasteiger partial charge in [0.25, 0.3) is 0 Å². The number of aliphatic hydroxyl groups excluding tert-OH is 1. The van der Waals surface area contributed by atoms with Gasteiger partial charge in [-0.25, -0.2) is 0 Å². The molecular weight excluding hydrogens is 237 g/mol. The Hall–Kier alpha value is -0.820. The summed E-state index contributed by atoms with van der Waals surface area (Å²) in [6.45, 7) is -0.768. The zero-order valence-electron chi connectivity index (χ0n) is 9.13. The molecule has 1 amide bonds. The minimum atomic E-state index is -4.68. The second kappa shape index (κ2) is 4.45. The smallest absolute Gasteiger partial charge is 0.382 e. The van der Waals surface area contributed by atoms with E-state index in [2.05, 4.69) is 10.6 Å². The zero-order valence-corrected chi connectivity index (χ0v) is 9.13. The first-order chi connectivity index (χ1) is 7.88. The predicted octanol–water partition coefficient (Wildman–Crippen LogP) is 0.166. The van der Waals surface area contributed by atoms with E-state index in [4.69, 9.17) is 5.11 Å². The molecule has 0 radical (unpaired) electrons. The van der Waals surface area contributed by atoms with Crippen LogP contribution in [0.2, 0.25) is 0 Å². The highest BCUT2D eigenvalue weighted by atomic mass is 19.4.